The van der Waals surface area contributed by atoms with Gasteiger partial charge in [-0.05, 0) is 25.0 Å². The quantitative estimate of drug-likeness (QED) is 0.880. The highest BCUT2D eigenvalue weighted by molar-refractivity contribution is 5.89. The number of nitrogens with one attached hydrogen (secondary N) is 2. The Morgan fingerprint density at radius 2 is 2.09 bits per heavy atom. The molecule has 1 amide bonds. The predicted molar refractivity (Wildman–Crippen MR) is 91.7 cm³/mol. The van der Waals surface area contributed by atoms with Crippen LogP contribution in [-0.4, -0.2) is 50.1 Å². The van der Waals surface area contributed by atoms with Crippen molar-refractivity contribution in [2.75, 3.05) is 39.3 Å². The smallest absolute Gasteiger partial charge is 0.224 e. The summed E-state index contributed by atoms with van der Waals surface area (Å²) in [6, 6.07) is 4.13. The van der Waals surface area contributed by atoms with E-state index in [-0.39, 0.29) is 5.91 Å². The normalized spacial score (nSPS) is 15.9. The second-order valence-electron chi connectivity index (χ2n) is 6.26. The number of piperazine rings is 1. The number of benzene rings is 1. The molecule has 5 nitrogen and oxygen atoms in total. The maximum atomic E-state index is 12.2. The highest BCUT2D eigenvalue weighted by atomic mass is 16.3. The first-order valence-electron chi connectivity index (χ1n) is 8.31. The molecule has 5 heteroatoms. The molecule has 2 aromatic rings. The lowest BCUT2D eigenvalue weighted by molar-refractivity contribution is -0.120. The number of carbonyl (C=O) groups is 1. The Morgan fingerprint density at radius 1 is 1.30 bits per heavy atom. The van der Waals surface area contributed by atoms with Crippen molar-refractivity contribution in [3.8, 4) is 0 Å². The van der Waals surface area contributed by atoms with Gasteiger partial charge in [-0.15, -0.1) is 0 Å². The van der Waals surface area contributed by atoms with Crippen LogP contribution in [0.4, 0.5) is 0 Å². The van der Waals surface area contributed by atoms with Crippen molar-refractivity contribution in [1.82, 2.24) is 15.5 Å². The average Bonchev–Trinajstić information content (AvgIpc) is 2.95. The number of nitrogens with zero attached hydrogens (tertiary/aromatic N) is 1. The van der Waals surface area contributed by atoms with Crippen LogP contribution in [0.3, 0.4) is 0 Å². The zero-order valence-corrected chi connectivity index (χ0v) is 13.9. The number of aryl methyl sites for hydroxylation is 2. The maximum Gasteiger partial charge on any atom is 0.224 e. The first kappa shape index (κ1) is 16.0. The van der Waals surface area contributed by atoms with Gasteiger partial charge in [-0.2, -0.15) is 0 Å². The number of amides is 1. The van der Waals surface area contributed by atoms with Gasteiger partial charge in [-0.3, -0.25) is 9.69 Å². The molecule has 124 valence electrons. The van der Waals surface area contributed by atoms with E-state index < -0.39 is 0 Å². The summed E-state index contributed by atoms with van der Waals surface area (Å²) >= 11 is 0. The molecule has 1 aromatic carbocycles. The highest BCUT2D eigenvalue weighted by Crippen LogP contribution is 2.26. The van der Waals surface area contributed by atoms with E-state index in [2.05, 4.69) is 35.4 Å². The van der Waals surface area contributed by atoms with Crippen LogP contribution in [0.25, 0.3) is 11.0 Å². The van der Waals surface area contributed by atoms with Crippen molar-refractivity contribution in [2.45, 2.75) is 20.3 Å². The van der Waals surface area contributed by atoms with Crippen molar-refractivity contribution in [1.29, 1.82) is 0 Å². The molecule has 0 bridgehead atoms. The molecule has 0 aliphatic carbocycles. The van der Waals surface area contributed by atoms with Crippen molar-refractivity contribution < 1.29 is 9.21 Å². The van der Waals surface area contributed by atoms with E-state index in [1.165, 1.54) is 5.56 Å². The summed E-state index contributed by atoms with van der Waals surface area (Å²) in [5.74, 6) is 0.0565. The van der Waals surface area contributed by atoms with Gasteiger partial charge >= 0.3 is 0 Å². The summed E-state index contributed by atoms with van der Waals surface area (Å²) in [4.78, 5) is 14.5. The number of hydrogen-bond donors (Lipinski definition) is 2. The number of furan rings is 1. The highest BCUT2D eigenvalue weighted by Gasteiger charge is 2.13. The molecule has 1 fully saturated rings. The van der Waals surface area contributed by atoms with Crippen LogP contribution in [-0.2, 0) is 11.2 Å². The first-order chi connectivity index (χ1) is 11.1. The molecule has 23 heavy (non-hydrogen) atoms. The third kappa shape index (κ3) is 3.74. The van der Waals surface area contributed by atoms with Gasteiger partial charge in [0.1, 0.15) is 5.58 Å². The maximum absolute atomic E-state index is 12.2. The minimum atomic E-state index is 0.0565. The Labute approximate surface area is 137 Å². The van der Waals surface area contributed by atoms with Crippen LogP contribution in [0.15, 0.2) is 22.8 Å². The van der Waals surface area contributed by atoms with E-state index in [1.807, 2.05) is 6.07 Å². The molecule has 0 atom stereocenters. The number of carbonyl (C=O) groups excluding carboxylic acids is 1. The first-order valence-corrected chi connectivity index (χ1v) is 8.31. The molecule has 0 radical (unpaired) electrons. The molecule has 3 rings (SSSR count). The summed E-state index contributed by atoms with van der Waals surface area (Å²) in [6.45, 7) is 9.92. The van der Waals surface area contributed by atoms with E-state index in [1.54, 1.807) is 6.26 Å². The Hall–Kier alpha value is -1.85. The molecule has 0 unspecified atom stereocenters. The van der Waals surface area contributed by atoms with Gasteiger partial charge in [-0.25, -0.2) is 0 Å². The Kier molecular flexibility index (Phi) is 4.98. The zero-order valence-electron chi connectivity index (χ0n) is 13.9. The number of hydrogen-bond acceptors (Lipinski definition) is 4. The van der Waals surface area contributed by atoms with Crippen molar-refractivity contribution in [3.05, 3.63) is 35.1 Å². The van der Waals surface area contributed by atoms with E-state index in [9.17, 15) is 4.79 Å². The van der Waals surface area contributed by atoms with E-state index in [0.29, 0.717) is 13.0 Å². The molecule has 1 aromatic heterocycles. The summed E-state index contributed by atoms with van der Waals surface area (Å²) in [7, 11) is 0. The van der Waals surface area contributed by atoms with E-state index in [0.717, 1.165) is 54.8 Å². The lowest BCUT2D eigenvalue weighted by atomic mass is 10.0. The van der Waals surface area contributed by atoms with E-state index in [4.69, 9.17) is 4.42 Å². The molecule has 1 aliphatic heterocycles. The Bertz CT molecular complexity index is 687. The van der Waals surface area contributed by atoms with Gasteiger partial charge in [-0.1, -0.05) is 12.1 Å². The van der Waals surface area contributed by atoms with Gasteiger partial charge in [0.15, 0.2) is 0 Å². The van der Waals surface area contributed by atoms with Crippen LogP contribution < -0.4 is 10.6 Å². The molecular weight excluding hydrogens is 290 g/mol. The van der Waals surface area contributed by atoms with Gasteiger partial charge in [0.05, 0.1) is 12.7 Å². The van der Waals surface area contributed by atoms with Crippen LogP contribution in [0, 0.1) is 13.8 Å². The number of rotatable bonds is 5. The summed E-state index contributed by atoms with van der Waals surface area (Å²) < 4.78 is 5.67. The topological polar surface area (TPSA) is 57.5 Å². The van der Waals surface area contributed by atoms with Crippen LogP contribution in [0.2, 0.25) is 0 Å². The largest absolute Gasteiger partial charge is 0.464 e. The average molecular weight is 315 g/mol. The monoisotopic (exact) mass is 315 g/mol. The lowest BCUT2D eigenvalue weighted by Gasteiger charge is -2.27. The van der Waals surface area contributed by atoms with Crippen molar-refractivity contribution >= 4 is 16.9 Å². The molecule has 0 spiro atoms. The fourth-order valence-corrected chi connectivity index (χ4v) is 3.05. The molecule has 0 saturated carbocycles. The third-order valence-corrected chi connectivity index (χ3v) is 4.65. The zero-order chi connectivity index (χ0) is 16.2. The van der Waals surface area contributed by atoms with E-state index >= 15 is 0 Å². The summed E-state index contributed by atoms with van der Waals surface area (Å²) in [5.41, 5.74) is 4.21. The standard InChI is InChI=1S/C18H25N3O2/c1-13-3-4-16-15(12-23-18(16)14(13)2)11-17(22)20-7-10-21-8-5-19-6-9-21/h3-4,12,19H,5-11H2,1-2H3,(H,20,22). The van der Waals surface area contributed by atoms with Crippen LogP contribution in [0.1, 0.15) is 16.7 Å². The van der Waals surface area contributed by atoms with Gasteiger partial charge < -0.3 is 15.1 Å². The molecule has 1 saturated heterocycles. The van der Waals surface area contributed by atoms with Crippen LogP contribution >= 0.6 is 0 Å². The predicted octanol–water partition coefficient (Wildman–Crippen LogP) is 1.61. The molecule has 2 N–H and O–H groups in total. The second kappa shape index (κ2) is 7.15. The molecule has 2 heterocycles. The Morgan fingerprint density at radius 3 is 2.87 bits per heavy atom. The van der Waals surface area contributed by atoms with Gasteiger partial charge in [0.25, 0.3) is 0 Å². The van der Waals surface area contributed by atoms with Crippen molar-refractivity contribution in [2.24, 2.45) is 0 Å². The fourth-order valence-electron chi connectivity index (χ4n) is 3.05. The summed E-state index contributed by atoms with van der Waals surface area (Å²) in [6.07, 6.45) is 2.09. The molecule has 1 aliphatic rings. The molecular formula is C18H25N3O2. The third-order valence-electron chi connectivity index (χ3n) is 4.65. The second-order valence-corrected chi connectivity index (χ2v) is 6.26. The van der Waals surface area contributed by atoms with Crippen molar-refractivity contribution in [3.63, 3.8) is 0 Å². The SMILES string of the molecule is Cc1ccc2c(CC(=O)NCCN3CCNCC3)coc2c1C. The number of fused-ring (bicyclic) bond motifs is 1. The van der Waals surface area contributed by atoms with Gasteiger partial charge in [0.2, 0.25) is 5.91 Å². The minimum Gasteiger partial charge on any atom is -0.464 e. The fraction of sp³-hybridized carbons (Fsp3) is 0.500. The Balaban J connectivity index is 1.54. The van der Waals surface area contributed by atoms with Gasteiger partial charge in [0, 0.05) is 50.2 Å². The summed E-state index contributed by atoms with van der Waals surface area (Å²) in [5, 5.41) is 7.39. The van der Waals surface area contributed by atoms with Crippen LogP contribution in [0.5, 0.6) is 0 Å². The lowest BCUT2D eigenvalue weighted by Crippen LogP contribution is -2.46. The minimum absolute atomic E-state index is 0.0565.